The minimum Gasteiger partial charge on any atom is -0.399 e. The van der Waals surface area contributed by atoms with E-state index in [1.54, 1.807) is 6.92 Å². The van der Waals surface area contributed by atoms with E-state index in [1.165, 1.54) is 0 Å². The molecule has 0 radical (unpaired) electrons. The number of benzene rings is 1. The van der Waals surface area contributed by atoms with Crippen LogP contribution >= 0.6 is 0 Å². The number of nitrogens with one attached hydrogen (secondary N) is 1. The molecule has 19 heavy (non-hydrogen) atoms. The van der Waals surface area contributed by atoms with Gasteiger partial charge in [-0.25, -0.2) is 17.2 Å². The summed E-state index contributed by atoms with van der Waals surface area (Å²) in [5, 5.41) is 2.40. The smallest absolute Gasteiger partial charge is 0.221 e. The molecule has 0 aliphatic rings. The molecule has 0 aliphatic carbocycles. The van der Waals surface area contributed by atoms with Gasteiger partial charge in [0.2, 0.25) is 5.91 Å². The van der Waals surface area contributed by atoms with Crippen LogP contribution in [0.4, 0.5) is 14.5 Å². The number of rotatable bonds is 5. The molecular formula is C11H14F2N2O3S. The van der Waals surface area contributed by atoms with Crippen molar-refractivity contribution in [1.82, 2.24) is 5.32 Å². The molecule has 0 bridgehead atoms. The third-order valence-corrected chi connectivity index (χ3v) is 4.06. The number of carbonyl (C=O) groups excluding carboxylic acids is 1. The molecule has 1 amide bonds. The van der Waals surface area contributed by atoms with Crippen molar-refractivity contribution in [3.05, 3.63) is 23.8 Å². The van der Waals surface area contributed by atoms with Gasteiger partial charge >= 0.3 is 0 Å². The number of hydrogen-bond acceptors (Lipinski definition) is 4. The standard InChI is InChI=1S/C11H14F2N2O3S/c1-2-15-10(16)3-4-19(17,18)11-8(12)5-7(14)6-9(11)13/h5-6H,2-4,14H2,1H3,(H,15,16). The van der Waals surface area contributed by atoms with E-state index in [0.717, 1.165) is 12.1 Å². The summed E-state index contributed by atoms with van der Waals surface area (Å²) in [6, 6.07) is 1.45. The van der Waals surface area contributed by atoms with E-state index in [4.69, 9.17) is 5.73 Å². The lowest BCUT2D eigenvalue weighted by Gasteiger charge is -2.08. The number of anilines is 1. The second kappa shape index (κ2) is 5.96. The highest BCUT2D eigenvalue weighted by Crippen LogP contribution is 2.23. The molecule has 0 atom stereocenters. The molecule has 0 aliphatic heterocycles. The molecule has 0 aromatic heterocycles. The van der Waals surface area contributed by atoms with Crippen LogP contribution in [0.25, 0.3) is 0 Å². The topological polar surface area (TPSA) is 89.3 Å². The Morgan fingerprint density at radius 2 is 1.84 bits per heavy atom. The van der Waals surface area contributed by atoms with Crippen molar-refractivity contribution in [1.29, 1.82) is 0 Å². The number of amides is 1. The lowest BCUT2D eigenvalue weighted by Crippen LogP contribution is -2.25. The van der Waals surface area contributed by atoms with Crippen molar-refractivity contribution in [3.8, 4) is 0 Å². The summed E-state index contributed by atoms with van der Waals surface area (Å²) >= 11 is 0. The first-order valence-corrected chi connectivity index (χ1v) is 7.17. The van der Waals surface area contributed by atoms with Gasteiger partial charge in [-0.1, -0.05) is 0 Å². The maximum Gasteiger partial charge on any atom is 0.221 e. The maximum absolute atomic E-state index is 13.5. The molecule has 0 saturated carbocycles. The Bertz CT molecular complexity index is 565. The Morgan fingerprint density at radius 1 is 1.32 bits per heavy atom. The number of hydrogen-bond donors (Lipinski definition) is 2. The zero-order valence-electron chi connectivity index (χ0n) is 10.2. The molecular weight excluding hydrogens is 278 g/mol. The fourth-order valence-corrected chi connectivity index (χ4v) is 2.86. The highest BCUT2D eigenvalue weighted by Gasteiger charge is 2.25. The minimum absolute atomic E-state index is 0.210. The normalized spacial score (nSPS) is 11.3. The van der Waals surface area contributed by atoms with Gasteiger partial charge in [0.15, 0.2) is 9.84 Å². The van der Waals surface area contributed by atoms with Gasteiger partial charge in [-0.3, -0.25) is 4.79 Å². The van der Waals surface area contributed by atoms with E-state index in [-0.39, 0.29) is 12.1 Å². The zero-order valence-corrected chi connectivity index (χ0v) is 11.1. The number of nitrogen functional groups attached to an aromatic ring is 1. The van der Waals surface area contributed by atoms with E-state index < -0.39 is 38.0 Å². The highest BCUT2D eigenvalue weighted by molar-refractivity contribution is 7.91. The largest absolute Gasteiger partial charge is 0.399 e. The van der Waals surface area contributed by atoms with Crippen LogP contribution in [0, 0.1) is 11.6 Å². The maximum atomic E-state index is 13.5. The quantitative estimate of drug-likeness (QED) is 0.787. The van der Waals surface area contributed by atoms with Crippen LogP contribution in [0.3, 0.4) is 0 Å². The van der Waals surface area contributed by atoms with E-state index in [0.29, 0.717) is 6.54 Å². The summed E-state index contributed by atoms with van der Waals surface area (Å²) in [6.07, 6.45) is -0.362. The summed E-state index contributed by atoms with van der Waals surface area (Å²) in [7, 11) is -4.22. The summed E-state index contributed by atoms with van der Waals surface area (Å²) < 4.78 is 50.5. The molecule has 0 spiro atoms. The molecule has 8 heteroatoms. The average Bonchev–Trinajstić information content (AvgIpc) is 2.25. The third-order valence-electron chi connectivity index (χ3n) is 2.30. The molecule has 5 nitrogen and oxygen atoms in total. The van der Waals surface area contributed by atoms with Crippen molar-refractivity contribution in [2.45, 2.75) is 18.2 Å². The van der Waals surface area contributed by atoms with Crippen LogP contribution in [0.2, 0.25) is 0 Å². The Kier molecular flexibility index (Phi) is 4.82. The Hall–Kier alpha value is -1.70. The predicted octanol–water partition coefficient (Wildman–Crippen LogP) is 0.847. The second-order valence-corrected chi connectivity index (χ2v) is 5.88. The van der Waals surface area contributed by atoms with E-state index in [1.807, 2.05) is 0 Å². The van der Waals surface area contributed by atoms with Crippen LogP contribution in [0.1, 0.15) is 13.3 Å². The number of halogens is 2. The van der Waals surface area contributed by atoms with Gasteiger partial charge in [0.05, 0.1) is 5.75 Å². The van der Waals surface area contributed by atoms with Gasteiger partial charge < -0.3 is 11.1 Å². The van der Waals surface area contributed by atoms with Gasteiger partial charge in [-0.2, -0.15) is 0 Å². The molecule has 3 N–H and O–H groups in total. The fraction of sp³-hybridized carbons (Fsp3) is 0.364. The Labute approximate surface area is 109 Å². The Balaban J connectivity index is 2.98. The summed E-state index contributed by atoms with van der Waals surface area (Å²) in [4.78, 5) is 10.1. The van der Waals surface area contributed by atoms with Crippen molar-refractivity contribution < 1.29 is 22.0 Å². The fourth-order valence-electron chi connectivity index (χ4n) is 1.49. The average molecular weight is 292 g/mol. The first kappa shape index (κ1) is 15.4. The summed E-state index contributed by atoms with van der Waals surface area (Å²) in [5.74, 6) is -3.68. The van der Waals surface area contributed by atoms with Crippen LogP contribution in [0.5, 0.6) is 0 Å². The summed E-state index contributed by atoms with van der Waals surface area (Å²) in [5.41, 5.74) is 4.98. The number of sulfone groups is 1. The molecule has 1 aromatic rings. The molecule has 0 fully saturated rings. The van der Waals surface area contributed by atoms with Crippen molar-refractivity contribution >= 4 is 21.4 Å². The van der Waals surface area contributed by atoms with Gasteiger partial charge in [0.25, 0.3) is 0 Å². The van der Waals surface area contributed by atoms with Crippen LogP contribution in [-0.2, 0) is 14.6 Å². The number of nitrogens with two attached hydrogens (primary N) is 1. The van der Waals surface area contributed by atoms with Gasteiger partial charge in [-0.05, 0) is 19.1 Å². The summed E-state index contributed by atoms with van der Waals surface area (Å²) in [6.45, 7) is 2.02. The minimum atomic E-state index is -4.22. The predicted molar refractivity (Wildman–Crippen MR) is 66.1 cm³/mol. The van der Waals surface area contributed by atoms with Crippen LogP contribution in [0.15, 0.2) is 17.0 Å². The molecule has 0 heterocycles. The second-order valence-electron chi connectivity index (χ2n) is 3.84. The van der Waals surface area contributed by atoms with Crippen LogP contribution in [-0.4, -0.2) is 26.6 Å². The van der Waals surface area contributed by atoms with E-state index in [2.05, 4.69) is 5.32 Å². The Morgan fingerprint density at radius 3 is 2.32 bits per heavy atom. The van der Waals surface area contributed by atoms with E-state index >= 15 is 0 Å². The van der Waals surface area contributed by atoms with Crippen molar-refractivity contribution in [2.24, 2.45) is 0 Å². The SMILES string of the molecule is CCNC(=O)CCS(=O)(=O)c1c(F)cc(N)cc1F. The molecule has 1 aromatic carbocycles. The lowest BCUT2D eigenvalue weighted by atomic mass is 10.3. The first-order valence-electron chi connectivity index (χ1n) is 5.52. The zero-order chi connectivity index (χ0) is 14.6. The third kappa shape index (κ3) is 3.88. The van der Waals surface area contributed by atoms with Gasteiger partial charge in [-0.15, -0.1) is 0 Å². The molecule has 106 valence electrons. The molecule has 0 unspecified atom stereocenters. The van der Waals surface area contributed by atoms with E-state index in [9.17, 15) is 22.0 Å². The van der Waals surface area contributed by atoms with Crippen molar-refractivity contribution in [3.63, 3.8) is 0 Å². The van der Waals surface area contributed by atoms with Gasteiger partial charge in [0, 0.05) is 18.7 Å². The highest BCUT2D eigenvalue weighted by atomic mass is 32.2. The number of carbonyl (C=O) groups is 1. The van der Waals surface area contributed by atoms with Gasteiger partial charge in [0.1, 0.15) is 16.5 Å². The van der Waals surface area contributed by atoms with Crippen LogP contribution < -0.4 is 11.1 Å². The van der Waals surface area contributed by atoms with Crippen molar-refractivity contribution in [2.75, 3.05) is 18.0 Å². The monoisotopic (exact) mass is 292 g/mol. The first-order chi connectivity index (χ1) is 8.77. The molecule has 1 rings (SSSR count). The lowest BCUT2D eigenvalue weighted by molar-refractivity contribution is -0.120. The molecule has 0 saturated heterocycles.